The van der Waals surface area contributed by atoms with Gasteiger partial charge in [0.05, 0.1) is 11.5 Å². The Kier molecular flexibility index (Phi) is 5.78. The fourth-order valence-electron chi connectivity index (χ4n) is 4.76. The minimum atomic E-state index is -0.730. The van der Waals surface area contributed by atoms with E-state index in [0.29, 0.717) is 30.8 Å². The van der Waals surface area contributed by atoms with Crippen molar-refractivity contribution < 1.29 is 14.4 Å². The molecule has 0 bridgehead atoms. The molecule has 2 heterocycles. The summed E-state index contributed by atoms with van der Waals surface area (Å²) < 4.78 is 0. The Bertz CT molecular complexity index is 1090. The molecule has 0 aromatic heterocycles. The van der Waals surface area contributed by atoms with Crippen molar-refractivity contribution in [3.05, 3.63) is 59.7 Å². The van der Waals surface area contributed by atoms with Gasteiger partial charge in [-0.15, -0.1) is 0 Å². The Labute approximate surface area is 195 Å². The van der Waals surface area contributed by atoms with Crippen molar-refractivity contribution in [3.63, 3.8) is 0 Å². The van der Waals surface area contributed by atoms with E-state index in [-0.39, 0.29) is 23.1 Å². The molecule has 2 aliphatic rings. The molecule has 2 N–H and O–H groups in total. The van der Waals surface area contributed by atoms with Crippen LogP contribution >= 0.6 is 0 Å². The van der Waals surface area contributed by atoms with E-state index in [9.17, 15) is 14.4 Å². The highest BCUT2D eigenvalue weighted by atomic mass is 16.2. The third-order valence-electron chi connectivity index (χ3n) is 6.32. The molecule has 3 amide bonds. The summed E-state index contributed by atoms with van der Waals surface area (Å²) >= 11 is 0. The van der Waals surface area contributed by atoms with Gasteiger partial charge in [-0.3, -0.25) is 14.4 Å². The number of carbonyl (C=O) groups is 3. The van der Waals surface area contributed by atoms with Crippen molar-refractivity contribution in [2.75, 3.05) is 37.4 Å². The van der Waals surface area contributed by atoms with Gasteiger partial charge in [0.15, 0.2) is 0 Å². The molecule has 7 heteroatoms. The number of fused-ring (bicyclic) bond motifs is 2. The topological polar surface area (TPSA) is 81.8 Å². The highest BCUT2D eigenvalue weighted by Gasteiger charge is 2.56. The lowest BCUT2D eigenvalue weighted by molar-refractivity contribution is -0.123. The molecule has 0 aliphatic carbocycles. The van der Waals surface area contributed by atoms with E-state index in [1.807, 2.05) is 29.2 Å². The van der Waals surface area contributed by atoms with Gasteiger partial charge in [0, 0.05) is 44.1 Å². The van der Waals surface area contributed by atoms with Gasteiger partial charge in [-0.1, -0.05) is 39.0 Å². The number of benzene rings is 2. The first-order chi connectivity index (χ1) is 15.5. The number of rotatable bonds is 4. The van der Waals surface area contributed by atoms with Crippen LogP contribution in [0.25, 0.3) is 0 Å². The van der Waals surface area contributed by atoms with Gasteiger partial charge in [-0.2, -0.15) is 0 Å². The third-order valence-corrected chi connectivity index (χ3v) is 6.32. The predicted molar refractivity (Wildman–Crippen MR) is 129 cm³/mol. The average Bonchev–Trinajstić information content (AvgIpc) is 3.31. The van der Waals surface area contributed by atoms with Gasteiger partial charge in [0.25, 0.3) is 5.91 Å². The largest absolute Gasteiger partial charge is 0.345 e. The van der Waals surface area contributed by atoms with Crippen LogP contribution in [0.2, 0.25) is 0 Å². The number of anilines is 2. The molecule has 33 heavy (non-hydrogen) atoms. The Morgan fingerprint density at radius 3 is 2.42 bits per heavy atom. The fraction of sp³-hybridized carbons (Fsp3) is 0.423. The highest BCUT2D eigenvalue weighted by Crippen LogP contribution is 2.47. The van der Waals surface area contributed by atoms with Crippen LogP contribution in [0.4, 0.5) is 11.4 Å². The van der Waals surface area contributed by atoms with Crippen molar-refractivity contribution in [2.24, 2.45) is 5.41 Å². The first-order valence-electron chi connectivity index (χ1n) is 11.3. The molecule has 7 nitrogen and oxygen atoms in total. The smallest absolute Gasteiger partial charge is 0.253 e. The van der Waals surface area contributed by atoms with Crippen molar-refractivity contribution in [2.45, 2.75) is 38.6 Å². The van der Waals surface area contributed by atoms with Gasteiger partial charge in [-0.05, 0) is 47.7 Å². The number of para-hydroxylation sites is 1. The third kappa shape index (κ3) is 4.25. The number of nitrogens with one attached hydrogen (secondary N) is 2. The minimum absolute atomic E-state index is 0.0444. The second kappa shape index (κ2) is 8.30. The molecule has 1 fully saturated rings. The summed E-state index contributed by atoms with van der Waals surface area (Å²) in [5, 5.41) is 6.21. The van der Waals surface area contributed by atoms with Crippen molar-refractivity contribution in [1.29, 1.82) is 0 Å². The summed E-state index contributed by atoms with van der Waals surface area (Å²) in [4.78, 5) is 42.2. The van der Waals surface area contributed by atoms with Gasteiger partial charge in [0.1, 0.15) is 0 Å². The SMILES string of the molecule is CN(C)C(=O)c1ccc(NC(=O)C2CC3(CN2)C(=O)N(CC(C)(C)C)c2ccccc23)cc1. The summed E-state index contributed by atoms with van der Waals surface area (Å²) in [6.07, 6.45) is 0.409. The van der Waals surface area contributed by atoms with Gasteiger partial charge in [-0.25, -0.2) is 0 Å². The van der Waals surface area contributed by atoms with E-state index in [1.54, 1.807) is 38.4 Å². The second-order valence-corrected chi connectivity index (χ2v) is 10.5. The average molecular weight is 449 g/mol. The predicted octanol–water partition coefficient (Wildman–Crippen LogP) is 3.02. The summed E-state index contributed by atoms with van der Waals surface area (Å²) in [6, 6.07) is 14.3. The van der Waals surface area contributed by atoms with Gasteiger partial charge < -0.3 is 20.4 Å². The Morgan fingerprint density at radius 2 is 1.79 bits per heavy atom. The Morgan fingerprint density at radius 1 is 1.12 bits per heavy atom. The van der Waals surface area contributed by atoms with Crippen LogP contribution in [0.15, 0.2) is 48.5 Å². The van der Waals surface area contributed by atoms with E-state index in [4.69, 9.17) is 0 Å². The molecule has 2 unspecified atom stereocenters. The van der Waals surface area contributed by atoms with Crippen molar-refractivity contribution in [3.8, 4) is 0 Å². The Balaban J connectivity index is 1.51. The summed E-state index contributed by atoms with van der Waals surface area (Å²) in [7, 11) is 3.40. The Hall–Kier alpha value is -3.19. The molecule has 0 saturated carbocycles. The summed E-state index contributed by atoms with van der Waals surface area (Å²) in [6.45, 7) is 7.41. The monoisotopic (exact) mass is 448 g/mol. The summed E-state index contributed by atoms with van der Waals surface area (Å²) in [5.74, 6) is -0.211. The first kappa shape index (κ1) is 23.0. The zero-order valence-corrected chi connectivity index (χ0v) is 19.9. The van der Waals surface area contributed by atoms with Crippen LogP contribution in [-0.2, 0) is 15.0 Å². The van der Waals surface area contributed by atoms with Crippen LogP contribution in [0.1, 0.15) is 43.1 Å². The molecule has 4 rings (SSSR count). The quantitative estimate of drug-likeness (QED) is 0.753. The van der Waals surface area contributed by atoms with Crippen LogP contribution in [0.3, 0.4) is 0 Å². The molecule has 174 valence electrons. The number of hydrogen-bond donors (Lipinski definition) is 2. The molecule has 1 spiro atoms. The molecular weight excluding hydrogens is 416 g/mol. The van der Waals surface area contributed by atoms with Gasteiger partial charge >= 0.3 is 0 Å². The molecule has 2 aromatic rings. The number of nitrogens with zero attached hydrogens (tertiary/aromatic N) is 2. The normalized spacial score (nSPS) is 21.9. The van der Waals surface area contributed by atoms with E-state index in [1.165, 1.54) is 4.90 Å². The molecular formula is C26H32N4O3. The van der Waals surface area contributed by atoms with Crippen molar-refractivity contribution >= 4 is 29.1 Å². The van der Waals surface area contributed by atoms with Gasteiger partial charge in [0.2, 0.25) is 11.8 Å². The lowest BCUT2D eigenvalue weighted by atomic mass is 9.79. The lowest BCUT2D eigenvalue weighted by Gasteiger charge is -2.29. The molecule has 2 atom stereocenters. The number of amides is 3. The van der Waals surface area contributed by atoms with Crippen LogP contribution in [-0.4, -0.2) is 55.8 Å². The number of hydrogen-bond acceptors (Lipinski definition) is 4. The van der Waals surface area contributed by atoms with Crippen LogP contribution < -0.4 is 15.5 Å². The van der Waals surface area contributed by atoms with Crippen LogP contribution in [0, 0.1) is 5.41 Å². The highest BCUT2D eigenvalue weighted by molar-refractivity contribution is 6.09. The standard InChI is InChI=1S/C26H32N4O3/c1-25(2,3)16-30-21-9-7-6-8-19(21)26(24(30)33)14-20(27-15-26)22(31)28-18-12-10-17(11-13-18)23(32)29(4)5/h6-13,20,27H,14-16H2,1-5H3,(H,28,31). The van der Waals surface area contributed by atoms with E-state index in [0.717, 1.165) is 11.3 Å². The zero-order valence-electron chi connectivity index (χ0n) is 19.9. The van der Waals surface area contributed by atoms with E-state index < -0.39 is 11.5 Å². The van der Waals surface area contributed by atoms with E-state index in [2.05, 4.69) is 31.4 Å². The number of carbonyl (C=O) groups excluding carboxylic acids is 3. The van der Waals surface area contributed by atoms with Crippen LogP contribution in [0.5, 0.6) is 0 Å². The molecule has 0 radical (unpaired) electrons. The fourth-order valence-corrected chi connectivity index (χ4v) is 4.76. The van der Waals surface area contributed by atoms with Crippen molar-refractivity contribution in [1.82, 2.24) is 10.2 Å². The van der Waals surface area contributed by atoms with E-state index >= 15 is 0 Å². The first-order valence-corrected chi connectivity index (χ1v) is 11.3. The maximum absolute atomic E-state index is 13.7. The maximum atomic E-state index is 13.7. The molecule has 2 aromatic carbocycles. The molecule has 2 aliphatic heterocycles. The maximum Gasteiger partial charge on any atom is 0.253 e. The zero-order chi connectivity index (χ0) is 24.0. The summed E-state index contributed by atoms with van der Waals surface area (Å²) in [5.41, 5.74) is 2.34. The minimum Gasteiger partial charge on any atom is -0.345 e. The molecule has 1 saturated heterocycles. The second-order valence-electron chi connectivity index (χ2n) is 10.5. The lowest BCUT2D eigenvalue weighted by Crippen LogP contribution is -2.44.